The van der Waals surface area contributed by atoms with Gasteiger partial charge in [0.15, 0.2) is 0 Å². The van der Waals surface area contributed by atoms with E-state index in [0.29, 0.717) is 0 Å². The van der Waals surface area contributed by atoms with Gasteiger partial charge in [0, 0.05) is 39.6 Å². The van der Waals surface area contributed by atoms with E-state index in [2.05, 4.69) is 4.72 Å². The number of carboxylic acid groups (broad SMARTS) is 1. The number of carbonyl (C=O) groups excluding carboxylic acids is 1. The highest BCUT2D eigenvalue weighted by atomic mass is 32.2. The van der Waals surface area contributed by atoms with Gasteiger partial charge in [-0.1, -0.05) is 0 Å². The van der Waals surface area contributed by atoms with Crippen LogP contribution in [0.1, 0.15) is 32.1 Å². The highest BCUT2D eigenvalue weighted by Crippen LogP contribution is 2.09. The zero-order chi connectivity index (χ0) is 15.9. The number of rotatable bonds is 8. The number of nitrogens with zero attached hydrogens (tertiary/aromatic N) is 2. The average Bonchev–Trinajstić information content (AvgIpc) is 2.45. The van der Waals surface area contributed by atoms with Crippen LogP contribution in [0.3, 0.4) is 0 Å². The molecule has 0 unspecified atom stereocenters. The molecule has 0 aromatic heterocycles. The molecule has 9 heteroatoms. The van der Waals surface area contributed by atoms with Crippen molar-refractivity contribution >= 4 is 22.1 Å². The minimum Gasteiger partial charge on any atom is -0.481 e. The summed E-state index contributed by atoms with van der Waals surface area (Å²) in [6.45, 7) is 1.40. The molecule has 1 fully saturated rings. The Morgan fingerprint density at radius 1 is 1.19 bits per heavy atom. The van der Waals surface area contributed by atoms with Crippen molar-refractivity contribution < 1.29 is 23.1 Å². The second kappa shape index (κ2) is 8.30. The van der Waals surface area contributed by atoms with Crippen LogP contribution in [0.15, 0.2) is 0 Å². The van der Waals surface area contributed by atoms with Crippen molar-refractivity contribution in [1.29, 1.82) is 0 Å². The Hall–Kier alpha value is -1.19. The molecule has 21 heavy (non-hydrogen) atoms. The monoisotopic (exact) mass is 321 g/mol. The number of piperidine rings is 1. The van der Waals surface area contributed by atoms with E-state index in [1.807, 2.05) is 0 Å². The van der Waals surface area contributed by atoms with Crippen LogP contribution in [0.25, 0.3) is 0 Å². The standard InChI is InChI=1S/C12H23N3O5S/c1-14(10-6-12(17)18)21(19,20)13-7-5-11(16)15-8-3-2-4-9-15/h13H,2-10H2,1H3,(H,17,18). The summed E-state index contributed by atoms with van der Waals surface area (Å²) in [7, 11) is -2.43. The molecule has 0 aromatic carbocycles. The molecule has 0 aromatic rings. The smallest absolute Gasteiger partial charge is 0.304 e. The van der Waals surface area contributed by atoms with Gasteiger partial charge in [-0.3, -0.25) is 9.59 Å². The highest BCUT2D eigenvalue weighted by Gasteiger charge is 2.20. The molecular weight excluding hydrogens is 298 g/mol. The molecule has 8 nitrogen and oxygen atoms in total. The molecule has 0 bridgehead atoms. The van der Waals surface area contributed by atoms with E-state index in [1.54, 1.807) is 4.90 Å². The van der Waals surface area contributed by atoms with Crippen molar-refractivity contribution in [3.8, 4) is 0 Å². The average molecular weight is 321 g/mol. The number of amides is 1. The Balaban J connectivity index is 2.32. The van der Waals surface area contributed by atoms with Crippen molar-refractivity contribution in [2.45, 2.75) is 32.1 Å². The fourth-order valence-electron chi connectivity index (χ4n) is 2.07. The first-order valence-corrected chi connectivity index (χ1v) is 8.47. The summed E-state index contributed by atoms with van der Waals surface area (Å²) < 4.78 is 26.8. The largest absolute Gasteiger partial charge is 0.481 e. The minimum atomic E-state index is -3.73. The van der Waals surface area contributed by atoms with Crippen LogP contribution in [0.2, 0.25) is 0 Å². The van der Waals surface area contributed by atoms with Gasteiger partial charge in [0.2, 0.25) is 5.91 Å². The predicted molar refractivity (Wildman–Crippen MR) is 76.9 cm³/mol. The van der Waals surface area contributed by atoms with Crippen LogP contribution >= 0.6 is 0 Å². The lowest BCUT2D eigenvalue weighted by molar-refractivity contribution is -0.137. The third-order valence-corrected chi connectivity index (χ3v) is 4.96. The second-order valence-corrected chi connectivity index (χ2v) is 6.92. The first-order chi connectivity index (χ1) is 9.83. The third-order valence-electron chi connectivity index (χ3n) is 3.38. The molecule has 1 amide bonds. The fourth-order valence-corrected chi connectivity index (χ4v) is 2.98. The number of carbonyl (C=O) groups is 2. The maximum atomic E-state index is 11.9. The summed E-state index contributed by atoms with van der Waals surface area (Å²) in [6.07, 6.45) is 2.98. The number of hydrogen-bond donors (Lipinski definition) is 2. The van der Waals surface area contributed by atoms with Gasteiger partial charge in [0.05, 0.1) is 6.42 Å². The van der Waals surface area contributed by atoms with Crippen LogP contribution in [-0.4, -0.2) is 67.8 Å². The number of hydrogen-bond acceptors (Lipinski definition) is 4. The van der Waals surface area contributed by atoms with Crippen molar-refractivity contribution in [2.75, 3.05) is 33.2 Å². The maximum Gasteiger partial charge on any atom is 0.304 e. The minimum absolute atomic E-state index is 0.0229. The van der Waals surface area contributed by atoms with E-state index in [0.717, 1.165) is 36.7 Å². The van der Waals surface area contributed by atoms with E-state index in [9.17, 15) is 18.0 Å². The lowest BCUT2D eigenvalue weighted by atomic mass is 10.1. The quantitative estimate of drug-likeness (QED) is 0.634. The zero-order valence-corrected chi connectivity index (χ0v) is 13.1. The van der Waals surface area contributed by atoms with Crippen LogP contribution in [0.5, 0.6) is 0 Å². The van der Waals surface area contributed by atoms with Gasteiger partial charge >= 0.3 is 5.97 Å². The molecule has 1 aliphatic heterocycles. The SMILES string of the molecule is CN(CCC(=O)O)S(=O)(=O)NCCC(=O)N1CCCCC1. The lowest BCUT2D eigenvalue weighted by Crippen LogP contribution is -2.42. The lowest BCUT2D eigenvalue weighted by Gasteiger charge is -2.26. The molecule has 0 atom stereocenters. The molecule has 1 rings (SSSR count). The zero-order valence-electron chi connectivity index (χ0n) is 12.2. The van der Waals surface area contributed by atoms with Crippen LogP contribution < -0.4 is 4.72 Å². The first kappa shape index (κ1) is 17.9. The molecule has 0 saturated carbocycles. The fraction of sp³-hybridized carbons (Fsp3) is 0.833. The van der Waals surface area contributed by atoms with E-state index in [-0.39, 0.29) is 31.8 Å². The summed E-state index contributed by atoms with van der Waals surface area (Å²) in [4.78, 5) is 24.0. The number of likely N-dealkylation sites (tertiary alicyclic amines) is 1. The van der Waals surface area contributed by atoms with Crippen molar-refractivity contribution in [3.63, 3.8) is 0 Å². The Labute approximate surface area is 125 Å². The summed E-state index contributed by atoms with van der Waals surface area (Å²) in [5.41, 5.74) is 0. The maximum absolute atomic E-state index is 11.9. The van der Waals surface area contributed by atoms with Crippen molar-refractivity contribution in [1.82, 2.24) is 13.9 Å². The van der Waals surface area contributed by atoms with E-state index < -0.39 is 16.2 Å². The van der Waals surface area contributed by atoms with Crippen LogP contribution in [0, 0.1) is 0 Å². The van der Waals surface area contributed by atoms with Crippen LogP contribution in [0.4, 0.5) is 0 Å². The molecule has 1 heterocycles. The normalized spacial score (nSPS) is 16.2. The number of carboxylic acids is 1. The van der Waals surface area contributed by atoms with Gasteiger partial charge in [0.1, 0.15) is 0 Å². The Kier molecular flexibility index (Phi) is 7.06. The van der Waals surface area contributed by atoms with Gasteiger partial charge in [0.25, 0.3) is 10.2 Å². The van der Waals surface area contributed by atoms with Gasteiger partial charge in [-0.05, 0) is 19.3 Å². The van der Waals surface area contributed by atoms with Crippen molar-refractivity contribution in [3.05, 3.63) is 0 Å². The topological polar surface area (TPSA) is 107 Å². The Bertz CT molecular complexity index is 460. The van der Waals surface area contributed by atoms with E-state index in [4.69, 9.17) is 5.11 Å². The summed E-state index contributed by atoms with van der Waals surface area (Å²) >= 11 is 0. The first-order valence-electron chi connectivity index (χ1n) is 7.03. The molecule has 0 aliphatic carbocycles. The Morgan fingerprint density at radius 3 is 2.38 bits per heavy atom. The molecule has 1 saturated heterocycles. The van der Waals surface area contributed by atoms with Gasteiger partial charge in [-0.2, -0.15) is 12.7 Å². The molecule has 1 aliphatic rings. The van der Waals surface area contributed by atoms with E-state index in [1.165, 1.54) is 7.05 Å². The Morgan fingerprint density at radius 2 is 1.81 bits per heavy atom. The molecular formula is C12H23N3O5S. The highest BCUT2D eigenvalue weighted by molar-refractivity contribution is 7.87. The number of nitrogens with one attached hydrogen (secondary N) is 1. The van der Waals surface area contributed by atoms with Crippen LogP contribution in [-0.2, 0) is 19.8 Å². The van der Waals surface area contributed by atoms with Gasteiger partial charge in [-0.25, -0.2) is 4.72 Å². The molecule has 0 spiro atoms. The third kappa shape index (κ3) is 6.40. The summed E-state index contributed by atoms with van der Waals surface area (Å²) in [6, 6.07) is 0. The summed E-state index contributed by atoms with van der Waals surface area (Å²) in [5, 5.41) is 8.53. The number of aliphatic carboxylic acids is 1. The van der Waals surface area contributed by atoms with Gasteiger partial charge in [-0.15, -0.1) is 0 Å². The summed E-state index contributed by atoms with van der Waals surface area (Å²) in [5.74, 6) is -1.11. The molecule has 0 radical (unpaired) electrons. The molecule has 2 N–H and O–H groups in total. The predicted octanol–water partition coefficient (Wildman–Crippen LogP) is -0.370. The van der Waals surface area contributed by atoms with Crippen molar-refractivity contribution in [2.24, 2.45) is 0 Å². The second-order valence-electron chi connectivity index (χ2n) is 5.06. The van der Waals surface area contributed by atoms with E-state index >= 15 is 0 Å². The molecule has 122 valence electrons. The van der Waals surface area contributed by atoms with Gasteiger partial charge < -0.3 is 10.0 Å².